The average molecular weight is 290 g/mol. The molecule has 104 valence electrons. The largest absolute Gasteiger partial charge is 0.321 e. The second-order valence-electron chi connectivity index (χ2n) is 4.43. The third-order valence-corrected chi connectivity index (χ3v) is 3.89. The average Bonchev–Trinajstić information content (AvgIpc) is 3.04. The minimum atomic E-state index is -0.0740. The molecule has 20 heavy (non-hydrogen) atoms. The number of aryl methyl sites for hydroxylation is 1. The number of H-pyrrole nitrogens is 1. The number of nitrogens with zero attached hydrogens (tertiary/aromatic N) is 4. The molecule has 0 amide bonds. The van der Waals surface area contributed by atoms with Gasteiger partial charge in [0.15, 0.2) is 0 Å². The van der Waals surface area contributed by atoms with Gasteiger partial charge in [0.25, 0.3) is 5.56 Å². The summed E-state index contributed by atoms with van der Waals surface area (Å²) in [7, 11) is 1.92. The summed E-state index contributed by atoms with van der Waals surface area (Å²) in [5.74, 6) is 1.58. The molecule has 8 heteroatoms. The topological polar surface area (TPSA) is 88.5 Å². The molecule has 3 aromatic heterocycles. The lowest BCUT2D eigenvalue weighted by Crippen LogP contribution is -2.21. The Balaban J connectivity index is 1.60. The van der Waals surface area contributed by atoms with Gasteiger partial charge < -0.3 is 14.9 Å². The Kier molecular flexibility index (Phi) is 3.57. The first-order valence-electron chi connectivity index (χ1n) is 6.24. The van der Waals surface area contributed by atoms with Crippen LogP contribution in [-0.4, -0.2) is 31.3 Å². The van der Waals surface area contributed by atoms with Crippen LogP contribution in [0.5, 0.6) is 0 Å². The van der Waals surface area contributed by atoms with Crippen LogP contribution in [0.4, 0.5) is 0 Å². The lowest BCUT2D eigenvalue weighted by atomic mass is 10.4. The van der Waals surface area contributed by atoms with E-state index in [4.69, 9.17) is 0 Å². The highest BCUT2D eigenvalue weighted by Gasteiger charge is 2.05. The van der Waals surface area contributed by atoms with Crippen LogP contribution in [0.2, 0.25) is 0 Å². The number of rotatable bonds is 5. The van der Waals surface area contributed by atoms with Crippen molar-refractivity contribution in [1.82, 2.24) is 30.0 Å². The van der Waals surface area contributed by atoms with Crippen molar-refractivity contribution < 1.29 is 0 Å². The Morgan fingerprint density at radius 3 is 3.20 bits per heavy atom. The van der Waals surface area contributed by atoms with E-state index in [9.17, 15) is 4.79 Å². The summed E-state index contributed by atoms with van der Waals surface area (Å²) in [6, 6.07) is 1.86. The van der Waals surface area contributed by atoms with Gasteiger partial charge in [-0.2, -0.15) is 0 Å². The Morgan fingerprint density at radius 2 is 2.40 bits per heavy atom. The van der Waals surface area contributed by atoms with E-state index in [1.165, 1.54) is 11.3 Å². The SMILES string of the molecule is Cn1cnnc1CCNCc1nc2ccsc2c(=O)[nH]1. The maximum Gasteiger partial charge on any atom is 0.268 e. The molecule has 3 rings (SSSR count). The summed E-state index contributed by atoms with van der Waals surface area (Å²) in [4.78, 5) is 19.0. The molecule has 0 unspecified atom stereocenters. The Bertz CT molecular complexity index is 773. The molecular formula is C12H14N6OS. The zero-order valence-corrected chi connectivity index (χ0v) is 11.8. The van der Waals surface area contributed by atoms with Crippen LogP contribution in [-0.2, 0) is 20.0 Å². The van der Waals surface area contributed by atoms with Gasteiger partial charge in [0.05, 0.1) is 12.1 Å². The maximum absolute atomic E-state index is 11.8. The monoisotopic (exact) mass is 290 g/mol. The van der Waals surface area contributed by atoms with Crippen molar-refractivity contribution in [3.63, 3.8) is 0 Å². The lowest BCUT2D eigenvalue weighted by Gasteiger charge is -2.04. The van der Waals surface area contributed by atoms with Gasteiger partial charge in [0.1, 0.15) is 22.7 Å². The van der Waals surface area contributed by atoms with Crippen molar-refractivity contribution in [2.45, 2.75) is 13.0 Å². The molecule has 0 fully saturated rings. The molecule has 3 aromatic rings. The second kappa shape index (κ2) is 5.51. The minimum absolute atomic E-state index is 0.0740. The standard InChI is InChI=1S/C12H14N6OS/c1-18-7-14-17-10(18)2-4-13-6-9-15-8-3-5-20-11(8)12(19)16-9/h3,5,7,13H,2,4,6H2,1H3,(H,15,16,19). The molecular weight excluding hydrogens is 276 g/mol. The van der Waals surface area contributed by atoms with Gasteiger partial charge in [0, 0.05) is 20.0 Å². The van der Waals surface area contributed by atoms with Crippen LogP contribution in [0.15, 0.2) is 22.6 Å². The van der Waals surface area contributed by atoms with Crippen LogP contribution in [0.1, 0.15) is 11.6 Å². The van der Waals surface area contributed by atoms with Gasteiger partial charge in [0.2, 0.25) is 0 Å². The van der Waals surface area contributed by atoms with E-state index in [1.807, 2.05) is 23.1 Å². The zero-order valence-electron chi connectivity index (χ0n) is 11.0. The number of hydrogen-bond acceptors (Lipinski definition) is 6. The zero-order chi connectivity index (χ0) is 13.9. The fourth-order valence-electron chi connectivity index (χ4n) is 1.95. The van der Waals surface area contributed by atoms with Crippen molar-refractivity contribution in [3.8, 4) is 0 Å². The van der Waals surface area contributed by atoms with E-state index in [1.54, 1.807) is 6.33 Å². The number of aromatic nitrogens is 5. The van der Waals surface area contributed by atoms with Crippen LogP contribution in [0.3, 0.4) is 0 Å². The number of nitrogens with one attached hydrogen (secondary N) is 2. The molecule has 0 aliphatic carbocycles. The van der Waals surface area contributed by atoms with Gasteiger partial charge in [-0.15, -0.1) is 21.5 Å². The van der Waals surface area contributed by atoms with E-state index >= 15 is 0 Å². The third-order valence-electron chi connectivity index (χ3n) is 2.99. The summed E-state index contributed by atoms with van der Waals surface area (Å²) in [6.45, 7) is 1.27. The van der Waals surface area contributed by atoms with E-state index in [-0.39, 0.29) is 5.56 Å². The van der Waals surface area contributed by atoms with Crippen LogP contribution in [0.25, 0.3) is 10.2 Å². The van der Waals surface area contributed by atoms with Crippen LogP contribution >= 0.6 is 11.3 Å². The molecule has 0 spiro atoms. The van der Waals surface area contributed by atoms with Gasteiger partial charge in [-0.25, -0.2) is 4.98 Å². The number of thiophene rings is 1. The van der Waals surface area contributed by atoms with Crippen molar-refractivity contribution in [3.05, 3.63) is 39.8 Å². The van der Waals surface area contributed by atoms with E-state index in [2.05, 4.69) is 25.5 Å². The fourth-order valence-corrected chi connectivity index (χ4v) is 2.67. The molecule has 0 atom stereocenters. The molecule has 0 saturated heterocycles. The van der Waals surface area contributed by atoms with Crippen LogP contribution in [0, 0.1) is 0 Å². The second-order valence-corrected chi connectivity index (χ2v) is 5.35. The number of hydrogen-bond donors (Lipinski definition) is 2. The Labute approximate surface area is 118 Å². The molecule has 2 N–H and O–H groups in total. The number of aromatic amines is 1. The first-order chi connectivity index (χ1) is 9.74. The molecule has 7 nitrogen and oxygen atoms in total. The predicted molar refractivity (Wildman–Crippen MR) is 76.7 cm³/mol. The van der Waals surface area contributed by atoms with Gasteiger partial charge in [-0.3, -0.25) is 4.79 Å². The Morgan fingerprint density at radius 1 is 1.50 bits per heavy atom. The molecule has 0 saturated carbocycles. The number of fused-ring (bicyclic) bond motifs is 1. The molecule has 0 aliphatic heterocycles. The third kappa shape index (κ3) is 2.61. The smallest absolute Gasteiger partial charge is 0.268 e. The van der Waals surface area contributed by atoms with Gasteiger partial charge in [-0.1, -0.05) is 0 Å². The van der Waals surface area contributed by atoms with Crippen LogP contribution < -0.4 is 10.9 Å². The summed E-state index contributed by atoms with van der Waals surface area (Å²) < 4.78 is 2.56. The highest BCUT2D eigenvalue weighted by atomic mass is 32.1. The van der Waals surface area contributed by atoms with Crippen molar-refractivity contribution in [1.29, 1.82) is 0 Å². The summed E-state index contributed by atoms with van der Waals surface area (Å²) >= 11 is 1.41. The molecule has 0 radical (unpaired) electrons. The lowest BCUT2D eigenvalue weighted by molar-refractivity contribution is 0.635. The first-order valence-corrected chi connectivity index (χ1v) is 7.12. The summed E-state index contributed by atoms with van der Waals surface area (Å²) in [5, 5.41) is 12.9. The Hall–Kier alpha value is -2.06. The molecule has 0 aromatic carbocycles. The quantitative estimate of drug-likeness (QED) is 0.666. The fraction of sp³-hybridized carbons (Fsp3) is 0.333. The van der Waals surface area contributed by atoms with E-state index < -0.39 is 0 Å². The first kappa shape index (κ1) is 12.9. The van der Waals surface area contributed by atoms with Crippen molar-refractivity contribution in [2.75, 3.05) is 6.54 Å². The highest BCUT2D eigenvalue weighted by molar-refractivity contribution is 7.17. The predicted octanol–water partition coefficient (Wildman–Crippen LogP) is 0.445. The molecule has 0 aliphatic rings. The van der Waals surface area contributed by atoms with Crippen molar-refractivity contribution in [2.24, 2.45) is 7.05 Å². The van der Waals surface area contributed by atoms with E-state index in [0.717, 1.165) is 24.3 Å². The molecule has 3 heterocycles. The normalized spacial score (nSPS) is 11.2. The van der Waals surface area contributed by atoms with E-state index in [0.29, 0.717) is 17.1 Å². The minimum Gasteiger partial charge on any atom is -0.321 e. The molecule has 0 bridgehead atoms. The summed E-state index contributed by atoms with van der Waals surface area (Å²) in [6.07, 6.45) is 2.46. The van der Waals surface area contributed by atoms with Gasteiger partial charge >= 0.3 is 0 Å². The van der Waals surface area contributed by atoms with Gasteiger partial charge in [-0.05, 0) is 11.4 Å². The van der Waals surface area contributed by atoms with Crippen molar-refractivity contribution >= 4 is 21.6 Å². The highest BCUT2D eigenvalue weighted by Crippen LogP contribution is 2.13. The maximum atomic E-state index is 11.8. The summed E-state index contributed by atoms with van der Waals surface area (Å²) in [5.41, 5.74) is 0.680.